The molecule has 2 aromatic carbocycles. The van der Waals surface area contributed by atoms with E-state index in [1.165, 1.54) is 24.1 Å². The maximum Gasteiger partial charge on any atom is 0.315 e. The highest BCUT2D eigenvalue weighted by atomic mass is 32.1. The van der Waals surface area contributed by atoms with Crippen LogP contribution in [0.4, 0.5) is 5.69 Å². The zero-order chi connectivity index (χ0) is 20.8. The van der Waals surface area contributed by atoms with Gasteiger partial charge in [-0.3, -0.25) is 10.1 Å². The van der Waals surface area contributed by atoms with Crippen molar-refractivity contribution in [1.82, 2.24) is 14.9 Å². The van der Waals surface area contributed by atoms with Crippen molar-refractivity contribution >= 4 is 24.1 Å². The fraction of sp³-hybridized carbons (Fsp3) is 0.211. The number of hydrogen-bond acceptors (Lipinski definition) is 7. The Bertz CT molecular complexity index is 1090. The summed E-state index contributed by atoms with van der Waals surface area (Å²) in [5.74, 6) is 0.880. The summed E-state index contributed by atoms with van der Waals surface area (Å²) >= 11 is 5.25. The molecule has 0 saturated carbocycles. The average Bonchev–Trinajstić information content (AvgIpc) is 3.11. The average molecular weight is 413 g/mol. The van der Waals surface area contributed by atoms with Crippen LogP contribution in [0.25, 0.3) is 11.4 Å². The molecular weight excluding hydrogens is 394 g/mol. The second kappa shape index (κ2) is 9.11. The summed E-state index contributed by atoms with van der Waals surface area (Å²) in [4.78, 5) is 11.0. The van der Waals surface area contributed by atoms with E-state index < -0.39 is 4.92 Å². The van der Waals surface area contributed by atoms with Gasteiger partial charge >= 0.3 is 5.69 Å². The molecule has 9 nitrogen and oxygen atoms in total. The topological polar surface area (TPSA) is 108 Å². The van der Waals surface area contributed by atoms with Crippen LogP contribution in [0.1, 0.15) is 18.9 Å². The summed E-state index contributed by atoms with van der Waals surface area (Å²) in [6.07, 6.45) is 2.17. The van der Waals surface area contributed by atoms with Crippen molar-refractivity contribution < 1.29 is 14.4 Å². The predicted octanol–water partition coefficient (Wildman–Crippen LogP) is 4.20. The summed E-state index contributed by atoms with van der Waals surface area (Å²) < 4.78 is 12.6. The van der Waals surface area contributed by atoms with Crippen LogP contribution in [0.15, 0.2) is 47.6 Å². The molecule has 0 amide bonds. The van der Waals surface area contributed by atoms with E-state index in [0.29, 0.717) is 29.2 Å². The molecule has 3 aromatic rings. The number of ether oxygens (including phenoxy) is 2. The van der Waals surface area contributed by atoms with E-state index in [-0.39, 0.29) is 17.2 Å². The maximum absolute atomic E-state index is 11.5. The molecule has 150 valence electrons. The first-order chi connectivity index (χ1) is 14.0. The Labute approximate surface area is 171 Å². The molecule has 0 spiro atoms. The third-order valence-electron chi connectivity index (χ3n) is 3.93. The zero-order valence-corrected chi connectivity index (χ0v) is 16.7. The van der Waals surface area contributed by atoms with Crippen LogP contribution in [0, 0.1) is 14.9 Å². The quantitative estimate of drug-likeness (QED) is 0.257. The van der Waals surface area contributed by atoms with Gasteiger partial charge in [0.25, 0.3) is 0 Å². The van der Waals surface area contributed by atoms with Crippen molar-refractivity contribution in [2.24, 2.45) is 5.10 Å². The number of nitrogens with one attached hydrogen (secondary N) is 1. The molecular formula is C19H19N5O4S. The number of benzene rings is 2. The van der Waals surface area contributed by atoms with E-state index in [2.05, 4.69) is 15.3 Å². The number of methoxy groups -OCH3 is 1. The molecule has 0 radical (unpaired) electrons. The molecule has 0 fully saturated rings. The summed E-state index contributed by atoms with van der Waals surface area (Å²) in [5, 5.41) is 22.8. The van der Waals surface area contributed by atoms with Gasteiger partial charge in [0.05, 0.1) is 24.9 Å². The maximum atomic E-state index is 11.5. The fourth-order valence-corrected chi connectivity index (χ4v) is 2.80. The Morgan fingerprint density at radius 3 is 2.76 bits per heavy atom. The van der Waals surface area contributed by atoms with Crippen LogP contribution in [0.5, 0.6) is 11.5 Å². The number of hydrogen-bond donors (Lipinski definition) is 1. The van der Waals surface area contributed by atoms with Crippen molar-refractivity contribution in [3.05, 3.63) is 62.9 Å². The second-order valence-corrected chi connectivity index (χ2v) is 6.34. The first-order valence-electron chi connectivity index (χ1n) is 8.81. The number of H-pyrrole nitrogens is 1. The van der Waals surface area contributed by atoms with Gasteiger partial charge in [-0.1, -0.05) is 37.3 Å². The third kappa shape index (κ3) is 4.49. The Morgan fingerprint density at radius 2 is 2.10 bits per heavy atom. The monoisotopic (exact) mass is 413 g/mol. The van der Waals surface area contributed by atoms with Crippen LogP contribution in [-0.4, -0.2) is 39.7 Å². The summed E-state index contributed by atoms with van der Waals surface area (Å²) in [6, 6.07) is 12.4. The Kier molecular flexibility index (Phi) is 6.35. The van der Waals surface area contributed by atoms with E-state index in [4.69, 9.17) is 21.7 Å². The van der Waals surface area contributed by atoms with Crippen LogP contribution < -0.4 is 9.47 Å². The van der Waals surface area contributed by atoms with Gasteiger partial charge in [0, 0.05) is 17.2 Å². The summed E-state index contributed by atoms with van der Waals surface area (Å²) in [7, 11) is 1.43. The normalized spacial score (nSPS) is 11.0. The zero-order valence-electron chi connectivity index (χ0n) is 15.9. The number of aromatic amines is 1. The molecule has 3 rings (SSSR count). The van der Waals surface area contributed by atoms with Crippen molar-refractivity contribution in [3.8, 4) is 22.9 Å². The Hall–Kier alpha value is -3.53. The van der Waals surface area contributed by atoms with Gasteiger partial charge in [0.2, 0.25) is 10.5 Å². The molecule has 10 heteroatoms. The molecule has 1 heterocycles. The van der Waals surface area contributed by atoms with E-state index in [0.717, 1.165) is 5.56 Å². The number of rotatable bonds is 8. The minimum absolute atomic E-state index is 0.0985. The Balaban J connectivity index is 2.02. The lowest BCUT2D eigenvalue weighted by Crippen LogP contribution is -2.03. The van der Waals surface area contributed by atoms with Gasteiger partial charge in [-0.05, 0) is 24.7 Å². The Morgan fingerprint density at radius 1 is 1.34 bits per heavy atom. The van der Waals surface area contributed by atoms with Gasteiger partial charge in [0.15, 0.2) is 11.6 Å². The molecule has 1 aromatic heterocycles. The highest BCUT2D eigenvalue weighted by Crippen LogP contribution is 2.38. The summed E-state index contributed by atoms with van der Waals surface area (Å²) in [6.45, 7) is 2.26. The number of nitrogens with zero attached hydrogens (tertiary/aromatic N) is 4. The van der Waals surface area contributed by atoms with Crippen molar-refractivity contribution in [2.75, 3.05) is 13.7 Å². The first kappa shape index (κ1) is 20.2. The lowest BCUT2D eigenvalue weighted by Gasteiger charge is -2.11. The smallest absolute Gasteiger partial charge is 0.315 e. The van der Waals surface area contributed by atoms with E-state index in [9.17, 15) is 10.1 Å². The molecule has 0 atom stereocenters. The SMILES string of the molecule is CCCOc1c(OC)cc(/C=N\n2c(-c3ccccc3)n[nH]c2=S)cc1[N+](=O)[O-]. The van der Waals surface area contributed by atoms with E-state index >= 15 is 0 Å². The standard InChI is InChI=1S/C19H19N5O4S/c1-3-9-28-17-15(24(25)26)10-13(11-16(17)27-2)12-20-23-18(21-22-19(23)29)14-7-5-4-6-8-14/h4-8,10-12H,3,9H2,1-2H3,(H,22,29)/b20-12-. The molecule has 0 aliphatic rings. The van der Waals surface area contributed by atoms with Gasteiger partial charge in [-0.2, -0.15) is 14.9 Å². The van der Waals surface area contributed by atoms with Crippen molar-refractivity contribution in [2.45, 2.75) is 13.3 Å². The molecule has 0 saturated heterocycles. The second-order valence-electron chi connectivity index (χ2n) is 5.95. The molecule has 0 bridgehead atoms. The van der Waals surface area contributed by atoms with Crippen LogP contribution in [0.3, 0.4) is 0 Å². The van der Waals surface area contributed by atoms with E-state index in [1.54, 1.807) is 6.07 Å². The molecule has 1 N–H and O–H groups in total. The van der Waals surface area contributed by atoms with Crippen molar-refractivity contribution in [1.29, 1.82) is 0 Å². The summed E-state index contributed by atoms with van der Waals surface area (Å²) in [5.41, 5.74) is 1.08. The number of nitro benzene ring substituents is 1. The van der Waals surface area contributed by atoms with Crippen molar-refractivity contribution in [3.63, 3.8) is 0 Å². The van der Waals surface area contributed by atoms with Gasteiger partial charge in [-0.25, -0.2) is 5.10 Å². The fourth-order valence-electron chi connectivity index (χ4n) is 2.62. The van der Waals surface area contributed by atoms with Crippen LogP contribution >= 0.6 is 12.2 Å². The minimum atomic E-state index is -0.510. The lowest BCUT2D eigenvalue weighted by atomic mass is 10.2. The highest BCUT2D eigenvalue weighted by molar-refractivity contribution is 7.71. The van der Waals surface area contributed by atoms with E-state index in [1.807, 2.05) is 37.3 Å². The highest BCUT2D eigenvalue weighted by Gasteiger charge is 2.22. The largest absolute Gasteiger partial charge is 0.493 e. The number of nitro groups is 1. The molecule has 29 heavy (non-hydrogen) atoms. The molecule has 0 aliphatic carbocycles. The van der Waals surface area contributed by atoms with Crippen LogP contribution in [0.2, 0.25) is 0 Å². The molecule has 0 aliphatic heterocycles. The molecule has 0 unspecified atom stereocenters. The van der Waals surface area contributed by atoms with Gasteiger partial charge in [0.1, 0.15) is 0 Å². The predicted molar refractivity (Wildman–Crippen MR) is 111 cm³/mol. The minimum Gasteiger partial charge on any atom is -0.493 e. The van der Waals surface area contributed by atoms with Gasteiger partial charge < -0.3 is 9.47 Å². The third-order valence-corrected chi connectivity index (χ3v) is 4.19. The van der Waals surface area contributed by atoms with Crippen LogP contribution in [-0.2, 0) is 0 Å². The lowest BCUT2D eigenvalue weighted by molar-refractivity contribution is -0.386. The van der Waals surface area contributed by atoms with Gasteiger partial charge in [-0.15, -0.1) is 0 Å². The first-order valence-corrected chi connectivity index (χ1v) is 9.22. The number of aromatic nitrogens is 3.